The predicted octanol–water partition coefficient (Wildman–Crippen LogP) is 3.41. The van der Waals surface area contributed by atoms with Crippen LogP contribution in [0.4, 0.5) is 5.69 Å². The van der Waals surface area contributed by atoms with E-state index in [2.05, 4.69) is 4.72 Å². The van der Waals surface area contributed by atoms with Gasteiger partial charge < -0.3 is 4.90 Å². The molecular formula is C19H24N2O2S. The molecule has 0 amide bonds. The Kier molecular flexibility index (Phi) is 6.17. The second kappa shape index (κ2) is 8.13. The molecule has 2 aromatic carbocycles. The molecule has 128 valence electrons. The van der Waals surface area contributed by atoms with Gasteiger partial charge >= 0.3 is 0 Å². The van der Waals surface area contributed by atoms with Crippen molar-refractivity contribution in [1.82, 2.24) is 4.72 Å². The van der Waals surface area contributed by atoms with Gasteiger partial charge in [0.25, 0.3) is 0 Å². The quantitative estimate of drug-likeness (QED) is 0.837. The first-order valence-corrected chi connectivity index (χ1v) is 9.44. The van der Waals surface area contributed by atoms with Crippen LogP contribution in [0.25, 0.3) is 6.08 Å². The van der Waals surface area contributed by atoms with E-state index in [9.17, 15) is 8.42 Å². The van der Waals surface area contributed by atoms with Gasteiger partial charge in [0.2, 0.25) is 10.0 Å². The van der Waals surface area contributed by atoms with Crippen molar-refractivity contribution in [1.29, 1.82) is 0 Å². The lowest BCUT2D eigenvalue weighted by Crippen LogP contribution is -2.39. The molecule has 1 unspecified atom stereocenters. The van der Waals surface area contributed by atoms with Crippen molar-refractivity contribution in [2.75, 3.05) is 18.5 Å². The Hall–Kier alpha value is -2.11. The number of nitrogens with zero attached hydrogens (tertiary/aromatic N) is 1. The minimum Gasteiger partial charge on any atom is -0.371 e. The number of benzene rings is 2. The molecule has 0 saturated carbocycles. The number of nitrogens with one attached hydrogen (secondary N) is 1. The fourth-order valence-corrected chi connectivity index (χ4v) is 3.09. The number of likely N-dealkylation sites (N-methyl/N-ethyl adjacent to an activating group) is 1. The Labute approximate surface area is 144 Å². The molecule has 5 heteroatoms. The monoisotopic (exact) mass is 344 g/mol. The van der Waals surface area contributed by atoms with Crippen LogP contribution in [0.2, 0.25) is 0 Å². The predicted molar refractivity (Wildman–Crippen MR) is 101 cm³/mol. The lowest BCUT2D eigenvalue weighted by molar-refractivity contribution is 0.579. The molecule has 2 rings (SSSR count). The van der Waals surface area contributed by atoms with E-state index in [4.69, 9.17) is 0 Å². The van der Waals surface area contributed by atoms with E-state index in [1.807, 2.05) is 80.4 Å². The highest BCUT2D eigenvalue weighted by molar-refractivity contribution is 7.92. The fraction of sp³-hybridized carbons (Fsp3) is 0.263. The zero-order chi connectivity index (χ0) is 17.6. The highest BCUT2D eigenvalue weighted by Crippen LogP contribution is 2.13. The summed E-state index contributed by atoms with van der Waals surface area (Å²) in [7, 11) is -1.50. The lowest BCUT2D eigenvalue weighted by Gasteiger charge is -2.27. The van der Waals surface area contributed by atoms with Gasteiger partial charge in [-0.3, -0.25) is 0 Å². The SMILES string of the molecule is Cc1ccc(C=CS(=O)(=O)NCC(C)N(C)c2ccccc2)cc1. The van der Waals surface area contributed by atoms with E-state index in [1.54, 1.807) is 6.08 Å². The first kappa shape index (κ1) is 18.2. The molecule has 0 saturated heterocycles. The van der Waals surface area contributed by atoms with E-state index in [0.29, 0.717) is 6.54 Å². The second-order valence-electron chi connectivity index (χ2n) is 5.90. The summed E-state index contributed by atoms with van der Waals surface area (Å²) >= 11 is 0. The molecule has 0 bridgehead atoms. The minimum atomic E-state index is -3.46. The van der Waals surface area contributed by atoms with Gasteiger partial charge in [0.15, 0.2) is 0 Å². The smallest absolute Gasteiger partial charge is 0.233 e. The van der Waals surface area contributed by atoms with Gasteiger partial charge in [-0.1, -0.05) is 48.0 Å². The largest absolute Gasteiger partial charge is 0.371 e. The van der Waals surface area contributed by atoms with Crippen LogP contribution in [0.1, 0.15) is 18.1 Å². The number of aryl methyl sites for hydroxylation is 1. The van der Waals surface area contributed by atoms with Gasteiger partial charge in [-0.2, -0.15) is 0 Å². The molecule has 0 aliphatic heterocycles. The molecule has 4 nitrogen and oxygen atoms in total. The first-order chi connectivity index (χ1) is 11.4. The highest BCUT2D eigenvalue weighted by Gasteiger charge is 2.13. The Morgan fingerprint density at radius 3 is 2.33 bits per heavy atom. The van der Waals surface area contributed by atoms with Crippen LogP contribution in [0.3, 0.4) is 0 Å². The molecule has 0 aromatic heterocycles. The second-order valence-corrected chi connectivity index (χ2v) is 7.55. The molecule has 1 atom stereocenters. The first-order valence-electron chi connectivity index (χ1n) is 7.90. The summed E-state index contributed by atoms with van der Waals surface area (Å²) in [6.45, 7) is 4.32. The van der Waals surface area contributed by atoms with Crippen molar-refractivity contribution in [3.63, 3.8) is 0 Å². The normalized spacial score (nSPS) is 13.1. The maximum absolute atomic E-state index is 12.1. The Bertz CT molecular complexity index is 769. The zero-order valence-electron chi connectivity index (χ0n) is 14.3. The molecule has 2 aromatic rings. The maximum atomic E-state index is 12.1. The number of anilines is 1. The fourth-order valence-electron chi connectivity index (χ4n) is 2.19. The molecular weight excluding hydrogens is 320 g/mol. The van der Waals surface area contributed by atoms with Crippen molar-refractivity contribution >= 4 is 21.8 Å². The van der Waals surface area contributed by atoms with E-state index in [1.165, 1.54) is 5.41 Å². The zero-order valence-corrected chi connectivity index (χ0v) is 15.1. The van der Waals surface area contributed by atoms with Crippen molar-refractivity contribution in [3.05, 3.63) is 71.1 Å². The van der Waals surface area contributed by atoms with Crippen molar-refractivity contribution in [2.45, 2.75) is 19.9 Å². The molecule has 0 radical (unpaired) electrons. The number of hydrogen-bond acceptors (Lipinski definition) is 3. The third-order valence-electron chi connectivity index (χ3n) is 3.92. The standard InChI is InChI=1S/C19H24N2O2S/c1-16-9-11-18(12-10-16)13-14-24(22,23)20-15-17(2)21(3)19-7-5-4-6-8-19/h4-14,17,20H,15H2,1-3H3. The number of para-hydroxylation sites is 1. The summed E-state index contributed by atoms with van der Waals surface area (Å²) in [6, 6.07) is 17.6. The maximum Gasteiger partial charge on any atom is 0.233 e. The Morgan fingerprint density at radius 1 is 1.08 bits per heavy atom. The van der Waals surface area contributed by atoms with Crippen LogP contribution < -0.4 is 9.62 Å². The number of rotatable bonds is 7. The van der Waals surface area contributed by atoms with E-state index in [-0.39, 0.29) is 6.04 Å². The van der Waals surface area contributed by atoms with Crippen molar-refractivity contribution in [3.8, 4) is 0 Å². The topological polar surface area (TPSA) is 49.4 Å². The Morgan fingerprint density at radius 2 is 1.71 bits per heavy atom. The van der Waals surface area contributed by atoms with Gasteiger partial charge in [-0.15, -0.1) is 0 Å². The summed E-state index contributed by atoms with van der Waals surface area (Å²) in [6.07, 6.45) is 1.60. The lowest BCUT2D eigenvalue weighted by atomic mass is 10.2. The minimum absolute atomic E-state index is 0.0370. The number of sulfonamides is 1. The number of hydrogen-bond donors (Lipinski definition) is 1. The van der Waals surface area contributed by atoms with Gasteiger partial charge in [-0.05, 0) is 37.6 Å². The van der Waals surface area contributed by atoms with Crippen LogP contribution in [-0.2, 0) is 10.0 Å². The molecule has 0 fully saturated rings. The Balaban J connectivity index is 1.93. The molecule has 0 aliphatic rings. The van der Waals surface area contributed by atoms with Crippen LogP contribution in [0.15, 0.2) is 60.0 Å². The van der Waals surface area contributed by atoms with Crippen molar-refractivity contribution < 1.29 is 8.42 Å². The van der Waals surface area contributed by atoms with E-state index < -0.39 is 10.0 Å². The molecule has 0 spiro atoms. The van der Waals surface area contributed by atoms with Crippen LogP contribution in [0, 0.1) is 6.92 Å². The summed E-state index contributed by atoms with van der Waals surface area (Å²) in [5.41, 5.74) is 3.06. The molecule has 24 heavy (non-hydrogen) atoms. The molecule has 0 heterocycles. The van der Waals surface area contributed by atoms with E-state index in [0.717, 1.165) is 16.8 Å². The summed E-state index contributed by atoms with van der Waals surface area (Å²) in [4.78, 5) is 2.05. The van der Waals surface area contributed by atoms with Crippen LogP contribution >= 0.6 is 0 Å². The highest BCUT2D eigenvalue weighted by atomic mass is 32.2. The van der Waals surface area contributed by atoms with Crippen molar-refractivity contribution in [2.24, 2.45) is 0 Å². The van der Waals surface area contributed by atoms with Crippen LogP contribution in [0.5, 0.6) is 0 Å². The van der Waals surface area contributed by atoms with Gasteiger partial charge in [0, 0.05) is 30.7 Å². The average Bonchev–Trinajstić information content (AvgIpc) is 2.59. The van der Waals surface area contributed by atoms with Crippen LogP contribution in [-0.4, -0.2) is 28.1 Å². The molecule has 1 N–H and O–H groups in total. The molecule has 0 aliphatic carbocycles. The average molecular weight is 344 g/mol. The van der Waals surface area contributed by atoms with Gasteiger partial charge in [0.05, 0.1) is 0 Å². The summed E-state index contributed by atoms with van der Waals surface area (Å²) < 4.78 is 26.9. The summed E-state index contributed by atoms with van der Waals surface area (Å²) in [5, 5.41) is 1.22. The van der Waals surface area contributed by atoms with Gasteiger partial charge in [0.1, 0.15) is 0 Å². The third kappa shape index (κ3) is 5.51. The third-order valence-corrected chi connectivity index (χ3v) is 4.98. The summed E-state index contributed by atoms with van der Waals surface area (Å²) in [5.74, 6) is 0. The van der Waals surface area contributed by atoms with E-state index >= 15 is 0 Å². The van der Waals surface area contributed by atoms with Gasteiger partial charge in [-0.25, -0.2) is 13.1 Å².